The number of hydrogen-bond donors (Lipinski definition) is 1. The highest BCUT2D eigenvalue weighted by Crippen LogP contribution is 2.22. The average molecular weight is 295 g/mol. The number of rotatable bonds is 3. The second-order valence-electron chi connectivity index (χ2n) is 4.07. The summed E-state index contributed by atoms with van der Waals surface area (Å²) >= 11 is 0.993. The third kappa shape index (κ3) is 2.39. The van der Waals surface area contributed by atoms with Crippen molar-refractivity contribution < 1.29 is 14.3 Å². The fourth-order valence-corrected chi connectivity index (χ4v) is 2.30. The minimum Gasteiger partial charge on any atom is -0.464 e. The van der Waals surface area contributed by atoms with Crippen molar-refractivity contribution in [2.75, 3.05) is 12.4 Å². The standard InChI is InChI=1S/C11H13N5O3S/c1-5-7(8(11(18)19-4)16(3)14-5)12-10(17)9-6(2)13-15-20-9/h1-4H3,(H,12,17). The molecule has 106 valence electrons. The normalized spacial score (nSPS) is 10.4. The molecule has 0 radical (unpaired) electrons. The fourth-order valence-electron chi connectivity index (χ4n) is 1.75. The van der Waals surface area contributed by atoms with E-state index in [1.165, 1.54) is 11.8 Å². The molecule has 2 aromatic heterocycles. The van der Waals surface area contributed by atoms with Gasteiger partial charge in [-0.05, 0) is 25.4 Å². The van der Waals surface area contributed by atoms with E-state index in [2.05, 4.69) is 20.0 Å². The van der Waals surface area contributed by atoms with Crippen molar-refractivity contribution >= 4 is 29.1 Å². The topological polar surface area (TPSA) is 99.0 Å². The van der Waals surface area contributed by atoms with E-state index in [1.807, 2.05) is 0 Å². The molecule has 8 nitrogen and oxygen atoms in total. The molecule has 0 aliphatic heterocycles. The van der Waals surface area contributed by atoms with Crippen LogP contribution in [0.4, 0.5) is 5.69 Å². The summed E-state index contributed by atoms with van der Waals surface area (Å²) in [7, 11) is 2.88. The Labute approximate surface area is 118 Å². The Morgan fingerprint density at radius 2 is 2.00 bits per heavy atom. The summed E-state index contributed by atoms with van der Waals surface area (Å²) in [6.45, 7) is 3.38. The number of methoxy groups -OCH3 is 1. The van der Waals surface area contributed by atoms with Gasteiger partial charge < -0.3 is 10.1 Å². The van der Waals surface area contributed by atoms with Crippen LogP contribution in [0.15, 0.2) is 0 Å². The van der Waals surface area contributed by atoms with Gasteiger partial charge in [0.1, 0.15) is 4.88 Å². The number of hydrogen-bond acceptors (Lipinski definition) is 7. The van der Waals surface area contributed by atoms with Crippen molar-refractivity contribution in [3.8, 4) is 0 Å². The first-order valence-corrected chi connectivity index (χ1v) is 6.45. The predicted molar refractivity (Wildman–Crippen MR) is 71.9 cm³/mol. The molecule has 20 heavy (non-hydrogen) atoms. The van der Waals surface area contributed by atoms with Crippen molar-refractivity contribution in [3.05, 3.63) is 22.0 Å². The SMILES string of the molecule is COC(=O)c1c(NC(=O)c2snnc2C)c(C)nn1C. The summed E-state index contributed by atoms with van der Waals surface area (Å²) in [6.07, 6.45) is 0. The molecule has 0 aliphatic rings. The van der Waals surface area contributed by atoms with Gasteiger partial charge in [0, 0.05) is 7.05 Å². The van der Waals surface area contributed by atoms with Gasteiger partial charge in [-0.25, -0.2) is 4.79 Å². The highest BCUT2D eigenvalue weighted by atomic mass is 32.1. The Hall–Kier alpha value is -2.29. The van der Waals surface area contributed by atoms with E-state index in [0.717, 1.165) is 11.5 Å². The van der Waals surface area contributed by atoms with Gasteiger partial charge in [0.15, 0.2) is 5.69 Å². The molecule has 0 atom stereocenters. The first-order chi connectivity index (χ1) is 9.45. The zero-order chi connectivity index (χ0) is 14.9. The number of nitrogens with zero attached hydrogens (tertiary/aromatic N) is 4. The van der Waals surface area contributed by atoms with Crippen LogP contribution in [-0.2, 0) is 11.8 Å². The van der Waals surface area contributed by atoms with Gasteiger partial charge in [-0.3, -0.25) is 9.48 Å². The lowest BCUT2D eigenvalue weighted by Gasteiger charge is -2.06. The number of ether oxygens (including phenoxy) is 1. The number of carbonyl (C=O) groups excluding carboxylic acids is 2. The highest BCUT2D eigenvalue weighted by Gasteiger charge is 2.24. The number of nitrogens with one attached hydrogen (secondary N) is 1. The minimum absolute atomic E-state index is 0.188. The third-order valence-electron chi connectivity index (χ3n) is 2.70. The van der Waals surface area contributed by atoms with Gasteiger partial charge in [0.05, 0.1) is 24.2 Å². The van der Waals surface area contributed by atoms with Crippen LogP contribution in [0.1, 0.15) is 31.5 Å². The second kappa shape index (κ2) is 5.37. The van der Waals surface area contributed by atoms with Gasteiger partial charge in [-0.2, -0.15) is 5.10 Å². The Morgan fingerprint density at radius 1 is 1.30 bits per heavy atom. The zero-order valence-corrected chi connectivity index (χ0v) is 12.2. The zero-order valence-electron chi connectivity index (χ0n) is 11.4. The van der Waals surface area contributed by atoms with E-state index in [-0.39, 0.29) is 11.6 Å². The number of esters is 1. The first kappa shape index (κ1) is 14.1. The lowest BCUT2D eigenvalue weighted by Crippen LogP contribution is -2.16. The van der Waals surface area contributed by atoms with Crippen LogP contribution in [0.25, 0.3) is 0 Å². The fraction of sp³-hybridized carbons (Fsp3) is 0.364. The van der Waals surface area contributed by atoms with Gasteiger partial charge in [-0.1, -0.05) is 4.49 Å². The molecule has 1 amide bonds. The molecular formula is C11H13N5O3S. The van der Waals surface area contributed by atoms with Gasteiger partial charge in [0.25, 0.3) is 5.91 Å². The quantitative estimate of drug-likeness (QED) is 0.846. The molecule has 0 aliphatic carbocycles. The smallest absolute Gasteiger partial charge is 0.358 e. The molecule has 0 fully saturated rings. The van der Waals surface area contributed by atoms with E-state index in [4.69, 9.17) is 4.74 Å². The number of anilines is 1. The van der Waals surface area contributed by atoms with Gasteiger partial charge in [-0.15, -0.1) is 5.10 Å². The number of amides is 1. The summed E-state index contributed by atoms with van der Waals surface area (Å²) < 4.78 is 9.77. The number of aromatic nitrogens is 4. The lowest BCUT2D eigenvalue weighted by molar-refractivity contribution is 0.0589. The van der Waals surface area contributed by atoms with Crippen molar-refractivity contribution in [2.24, 2.45) is 7.05 Å². The molecule has 0 spiro atoms. The van der Waals surface area contributed by atoms with E-state index in [0.29, 0.717) is 22.0 Å². The summed E-state index contributed by atoms with van der Waals surface area (Å²) in [5.74, 6) is -0.943. The van der Waals surface area contributed by atoms with Crippen molar-refractivity contribution in [2.45, 2.75) is 13.8 Å². The Bertz CT molecular complexity index is 676. The van der Waals surface area contributed by atoms with Crippen molar-refractivity contribution in [1.29, 1.82) is 0 Å². The first-order valence-electron chi connectivity index (χ1n) is 5.68. The Kier molecular flexibility index (Phi) is 3.79. The van der Waals surface area contributed by atoms with Crippen LogP contribution in [0.2, 0.25) is 0 Å². The average Bonchev–Trinajstić information content (AvgIpc) is 2.93. The largest absolute Gasteiger partial charge is 0.464 e. The van der Waals surface area contributed by atoms with Gasteiger partial charge >= 0.3 is 5.97 Å². The summed E-state index contributed by atoms with van der Waals surface area (Å²) in [4.78, 5) is 24.3. The van der Waals surface area contributed by atoms with Crippen molar-refractivity contribution in [3.63, 3.8) is 0 Å². The van der Waals surface area contributed by atoms with E-state index in [9.17, 15) is 9.59 Å². The summed E-state index contributed by atoms with van der Waals surface area (Å²) in [5.41, 5.74) is 1.58. The molecule has 0 saturated heterocycles. The van der Waals surface area contributed by atoms with E-state index in [1.54, 1.807) is 20.9 Å². The van der Waals surface area contributed by atoms with Crippen LogP contribution in [0.5, 0.6) is 0 Å². The maximum Gasteiger partial charge on any atom is 0.358 e. The lowest BCUT2D eigenvalue weighted by atomic mass is 10.2. The van der Waals surface area contributed by atoms with Crippen molar-refractivity contribution in [1.82, 2.24) is 19.4 Å². The Balaban J connectivity index is 2.37. The maximum atomic E-state index is 12.2. The molecule has 9 heteroatoms. The van der Waals surface area contributed by atoms with E-state index >= 15 is 0 Å². The van der Waals surface area contributed by atoms with Crippen LogP contribution in [0.3, 0.4) is 0 Å². The molecule has 2 aromatic rings. The van der Waals surface area contributed by atoms with Crippen LogP contribution >= 0.6 is 11.5 Å². The van der Waals surface area contributed by atoms with Crippen LogP contribution in [0, 0.1) is 13.8 Å². The third-order valence-corrected chi connectivity index (χ3v) is 3.52. The molecule has 0 bridgehead atoms. The molecule has 0 aromatic carbocycles. The minimum atomic E-state index is -0.567. The molecule has 1 N–H and O–H groups in total. The van der Waals surface area contributed by atoms with Crippen LogP contribution < -0.4 is 5.32 Å². The monoisotopic (exact) mass is 295 g/mol. The molecule has 2 heterocycles. The second-order valence-corrected chi connectivity index (χ2v) is 4.82. The van der Waals surface area contributed by atoms with Gasteiger partial charge in [0.2, 0.25) is 0 Å². The molecule has 2 rings (SSSR count). The maximum absolute atomic E-state index is 12.2. The summed E-state index contributed by atoms with van der Waals surface area (Å²) in [5, 5.41) is 10.6. The molecule has 0 unspecified atom stereocenters. The molecular weight excluding hydrogens is 282 g/mol. The number of aryl methyl sites for hydroxylation is 3. The Morgan fingerprint density at radius 3 is 2.55 bits per heavy atom. The summed E-state index contributed by atoms with van der Waals surface area (Å²) in [6, 6.07) is 0. The predicted octanol–water partition coefficient (Wildman–Crippen LogP) is 0.927. The highest BCUT2D eigenvalue weighted by molar-refractivity contribution is 7.08. The van der Waals surface area contributed by atoms with E-state index < -0.39 is 5.97 Å². The number of carbonyl (C=O) groups is 2. The van der Waals surface area contributed by atoms with Crippen LogP contribution in [-0.4, -0.2) is 38.4 Å². The molecule has 0 saturated carbocycles.